The van der Waals surface area contributed by atoms with Gasteiger partial charge < -0.3 is 5.32 Å². The van der Waals surface area contributed by atoms with Crippen LogP contribution in [0.2, 0.25) is 0 Å². The summed E-state index contributed by atoms with van der Waals surface area (Å²) in [5, 5.41) is 8.07. The van der Waals surface area contributed by atoms with Gasteiger partial charge in [-0.1, -0.05) is 0 Å². The van der Waals surface area contributed by atoms with Crippen LogP contribution in [-0.2, 0) is 6.54 Å². The summed E-state index contributed by atoms with van der Waals surface area (Å²) in [5.74, 6) is 0.528. The van der Waals surface area contributed by atoms with Crippen LogP contribution in [0.15, 0.2) is 30.7 Å². The highest BCUT2D eigenvalue weighted by Gasteiger charge is 2.42. The molecule has 0 radical (unpaired) electrons. The van der Waals surface area contributed by atoms with Crippen LogP contribution in [0.25, 0.3) is 0 Å². The Balaban J connectivity index is 1.55. The number of piperidine rings is 1. The van der Waals surface area contributed by atoms with Gasteiger partial charge in [0, 0.05) is 49.0 Å². The molecule has 0 amide bonds. The number of hydrazine groups is 1. The van der Waals surface area contributed by atoms with Crippen molar-refractivity contribution in [1.82, 2.24) is 30.9 Å². The summed E-state index contributed by atoms with van der Waals surface area (Å²) in [5.41, 5.74) is 10.6. The molecule has 4 heterocycles. The minimum Gasteiger partial charge on any atom is -0.308 e. The van der Waals surface area contributed by atoms with Gasteiger partial charge in [-0.05, 0) is 38.0 Å². The summed E-state index contributed by atoms with van der Waals surface area (Å²) >= 11 is 0. The normalized spacial score (nSPS) is 30.3. The Hall–Kier alpha value is -1.76. The number of hydrogen-bond acceptors (Lipinski definition) is 5. The third kappa shape index (κ3) is 2.78. The molecule has 6 heteroatoms. The van der Waals surface area contributed by atoms with E-state index in [1.807, 2.05) is 23.1 Å². The van der Waals surface area contributed by atoms with Crippen molar-refractivity contribution in [2.75, 3.05) is 6.54 Å². The molecule has 4 atom stereocenters. The zero-order valence-corrected chi connectivity index (χ0v) is 13.7. The quantitative estimate of drug-likeness (QED) is 0.801. The van der Waals surface area contributed by atoms with E-state index in [9.17, 15) is 0 Å². The van der Waals surface area contributed by atoms with Gasteiger partial charge in [-0.25, -0.2) is 5.43 Å². The molecular formula is C17H24N6. The summed E-state index contributed by atoms with van der Waals surface area (Å²) in [4.78, 5) is 4.59. The van der Waals surface area contributed by atoms with Crippen LogP contribution in [-0.4, -0.2) is 27.4 Å². The third-order valence-electron chi connectivity index (χ3n) is 5.10. The first kappa shape index (κ1) is 14.8. The minimum absolute atomic E-state index is 0.269. The number of aryl methyl sites for hydroxylation is 2. The lowest BCUT2D eigenvalue weighted by molar-refractivity contribution is 0.265. The van der Waals surface area contributed by atoms with Crippen LogP contribution in [0.3, 0.4) is 0 Å². The van der Waals surface area contributed by atoms with E-state index in [2.05, 4.69) is 52.4 Å². The van der Waals surface area contributed by atoms with E-state index in [1.54, 1.807) is 0 Å². The van der Waals surface area contributed by atoms with E-state index in [1.165, 1.54) is 11.1 Å². The van der Waals surface area contributed by atoms with E-state index in [0.29, 0.717) is 18.0 Å². The van der Waals surface area contributed by atoms with Crippen molar-refractivity contribution in [3.8, 4) is 0 Å². The largest absolute Gasteiger partial charge is 0.308 e. The van der Waals surface area contributed by atoms with Gasteiger partial charge in [-0.15, -0.1) is 0 Å². The molecule has 6 nitrogen and oxygen atoms in total. The second-order valence-corrected chi connectivity index (χ2v) is 6.62. The van der Waals surface area contributed by atoms with Crippen molar-refractivity contribution >= 4 is 0 Å². The predicted molar refractivity (Wildman–Crippen MR) is 88.5 cm³/mol. The highest BCUT2D eigenvalue weighted by atomic mass is 15.4. The topological polar surface area (TPSA) is 66.8 Å². The number of nitrogens with one attached hydrogen (secondary N) is 3. The Bertz CT molecular complexity index is 681. The summed E-state index contributed by atoms with van der Waals surface area (Å²) in [6.45, 7) is 6.11. The summed E-state index contributed by atoms with van der Waals surface area (Å²) in [6.07, 6.45) is 7.15. The Morgan fingerprint density at radius 2 is 2.26 bits per heavy atom. The van der Waals surface area contributed by atoms with Crippen LogP contribution in [0.4, 0.5) is 0 Å². The van der Waals surface area contributed by atoms with Gasteiger partial charge in [0.1, 0.15) is 0 Å². The molecule has 2 aromatic rings. The first-order chi connectivity index (χ1) is 11.2. The monoisotopic (exact) mass is 312 g/mol. The number of rotatable bonds is 3. The first-order valence-electron chi connectivity index (χ1n) is 8.44. The van der Waals surface area contributed by atoms with Crippen LogP contribution < -0.4 is 16.2 Å². The third-order valence-corrected chi connectivity index (χ3v) is 5.10. The SMILES string of the molecule is CCn1cc(C2CC3C(CN2)NNC3c2cc(C)ccn2)cn1. The van der Waals surface area contributed by atoms with Crippen LogP contribution in [0.1, 0.15) is 42.2 Å². The van der Waals surface area contributed by atoms with Crippen molar-refractivity contribution in [3.05, 3.63) is 47.5 Å². The van der Waals surface area contributed by atoms with Crippen LogP contribution in [0, 0.1) is 12.8 Å². The summed E-state index contributed by atoms with van der Waals surface area (Å²) in [6, 6.07) is 5.32. The van der Waals surface area contributed by atoms with Gasteiger partial charge in [-0.2, -0.15) is 5.10 Å². The van der Waals surface area contributed by atoms with Crippen molar-refractivity contribution in [1.29, 1.82) is 0 Å². The van der Waals surface area contributed by atoms with Gasteiger partial charge in [0.15, 0.2) is 0 Å². The van der Waals surface area contributed by atoms with Crippen LogP contribution in [0.5, 0.6) is 0 Å². The average molecular weight is 312 g/mol. The van der Waals surface area contributed by atoms with Gasteiger partial charge >= 0.3 is 0 Å². The minimum atomic E-state index is 0.269. The van der Waals surface area contributed by atoms with E-state index in [4.69, 9.17) is 0 Å². The second-order valence-electron chi connectivity index (χ2n) is 6.62. The number of fused-ring (bicyclic) bond motifs is 1. The molecule has 2 aliphatic heterocycles. The van der Waals surface area contributed by atoms with E-state index < -0.39 is 0 Å². The molecule has 2 aliphatic rings. The second kappa shape index (κ2) is 6.03. The van der Waals surface area contributed by atoms with Crippen LogP contribution >= 0.6 is 0 Å². The maximum Gasteiger partial charge on any atom is 0.0679 e. The van der Waals surface area contributed by atoms with Gasteiger partial charge in [0.2, 0.25) is 0 Å². The Morgan fingerprint density at radius 1 is 1.35 bits per heavy atom. The molecule has 2 fully saturated rings. The number of nitrogens with zero attached hydrogens (tertiary/aromatic N) is 3. The Morgan fingerprint density at radius 3 is 3.04 bits per heavy atom. The molecule has 3 N–H and O–H groups in total. The molecule has 0 aromatic carbocycles. The van der Waals surface area contributed by atoms with Gasteiger partial charge in [-0.3, -0.25) is 15.1 Å². The van der Waals surface area contributed by atoms with Crippen molar-refractivity contribution < 1.29 is 0 Å². The maximum atomic E-state index is 4.59. The molecule has 4 unspecified atom stereocenters. The fourth-order valence-electron chi connectivity index (χ4n) is 3.78. The van der Waals surface area contributed by atoms with Gasteiger partial charge in [0.25, 0.3) is 0 Å². The maximum absolute atomic E-state index is 4.59. The standard InChI is InChI=1S/C17H24N6/c1-3-23-10-12(8-20-23)14-7-13-16(9-19-14)21-22-17(13)15-6-11(2)4-5-18-15/h4-6,8,10,13-14,16-17,19,21-22H,3,7,9H2,1-2H3. The first-order valence-corrected chi connectivity index (χ1v) is 8.44. The van der Waals surface area contributed by atoms with Gasteiger partial charge in [0.05, 0.1) is 17.9 Å². The summed E-state index contributed by atoms with van der Waals surface area (Å²) < 4.78 is 1.99. The highest BCUT2D eigenvalue weighted by Crippen LogP contribution is 2.37. The number of hydrogen-bond donors (Lipinski definition) is 3. The molecule has 23 heavy (non-hydrogen) atoms. The molecule has 2 aromatic heterocycles. The van der Waals surface area contributed by atoms with E-state index in [-0.39, 0.29) is 6.04 Å². The molecule has 0 spiro atoms. The smallest absolute Gasteiger partial charge is 0.0679 e. The van der Waals surface area contributed by atoms with E-state index >= 15 is 0 Å². The molecule has 2 saturated heterocycles. The predicted octanol–water partition coefficient (Wildman–Crippen LogP) is 1.47. The Labute approximate surface area is 136 Å². The molecule has 0 saturated carbocycles. The molecule has 0 aliphatic carbocycles. The van der Waals surface area contributed by atoms with E-state index in [0.717, 1.165) is 25.2 Å². The molecule has 4 rings (SSSR count). The van der Waals surface area contributed by atoms with Crippen molar-refractivity contribution in [3.63, 3.8) is 0 Å². The highest BCUT2D eigenvalue weighted by molar-refractivity contribution is 5.21. The summed E-state index contributed by atoms with van der Waals surface area (Å²) in [7, 11) is 0. The lowest BCUT2D eigenvalue weighted by atomic mass is 9.82. The van der Waals surface area contributed by atoms with Crippen molar-refractivity contribution in [2.24, 2.45) is 5.92 Å². The number of aromatic nitrogens is 3. The zero-order chi connectivity index (χ0) is 15.8. The lowest BCUT2D eigenvalue weighted by Gasteiger charge is -2.33. The Kier molecular flexibility index (Phi) is 3.88. The molecule has 0 bridgehead atoms. The van der Waals surface area contributed by atoms with Crippen molar-refractivity contribution in [2.45, 2.75) is 44.9 Å². The number of pyridine rings is 1. The lowest BCUT2D eigenvalue weighted by Crippen LogP contribution is -2.46. The zero-order valence-electron chi connectivity index (χ0n) is 13.7. The molecular weight excluding hydrogens is 288 g/mol. The fraction of sp³-hybridized carbons (Fsp3) is 0.529. The molecule has 122 valence electrons. The fourth-order valence-corrected chi connectivity index (χ4v) is 3.78. The average Bonchev–Trinajstić information content (AvgIpc) is 3.21.